The molecule has 0 saturated heterocycles. The molecular formula is C10H17N3O4S. The van der Waals surface area contributed by atoms with E-state index in [0.717, 1.165) is 6.42 Å². The lowest BCUT2D eigenvalue weighted by molar-refractivity contribution is 0.121. The molecule has 18 heavy (non-hydrogen) atoms. The number of rotatable bonds is 4. The quantitative estimate of drug-likeness (QED) is 0.783. The first kappa shape index (κ1) is 14.7. The van der Waals surface area contributed by atoms with Crippen LogP contribution in [0.5, 0.6) is 0 Å². The average molecular weight is 275 g/mol. The molecule has 1 rings (SSSR count). The molecule has 1 saturated carbocycles. The highest BCUT2D eigenvalue weighted by atomic mass is 32.2. The van der Waals surface area contributed by atoms with Crippen molar-refractivity contribution in [2.24, 2.45) is 5.92 Å². The molecule has 0 bridgehead atoms. The Balaban J connectivity index is 2.55. The van der Waals surface area contributed by atoms with Crippen LogP contribution in [0.25, 0.3) is 0 Å². The van der Waals surface area contributed by atoms with E-state index < -0.39 is 28.4 Å². The fraction of sp³-hybridized carbons (Fsp3) is 0.800. The van der Waals surface area contributed by atoms with Gasteiger partial charge in [0.25, 0.3) is 0 Å². The normalized spacial score (nSPS) is 23.7. The van der Waals surface area contributed by atoms with Crippen molar-refractivity contribution in [3.63, 3.8) is 0 Å². The van der Waals surface area contributed by atoms with Crippen LogP contribution < -0.4 is 9.44 Å². The zero-order valence-corrected chi connectivity index (χ0v) is 11.2. The lowest BCUT2D eigenvalue weighted by atomic mass is 10.1. The Hall–Kier alpha value is -1.33. The van der Waals surface area contributed by atoms with E-state index >= 15 is 0 Å². The molecule has 8 heteroatoms. The van der Waals surface area contributed by atoms with Gasteiger partial charge in [-0.05, 0) is 26.7 Å². The summed E-state index contributed by atoms with van der Waals surface area (Å²) in [6, 6.07) is 1.61. The minimum Gasteiger partial charge on any atom is -0.446 e. The van der Waals surface area contributed by atoms with Gasteiger partial charge in [-0.15, -0.1) is 0 Å². The zero-order valence-electron chi connectivity index (χ0n) is 10.3. The highest BCUT2D eigenvalue weighted by Gasteiger charge is 2.31. The summed E-state index contributed by atoms with van der Waals surface area (Å²) in [5.41, 5.74) is 0. The van der Waals surface area contributed by atoms with Crippen molar-refractivity contribution in [2.45, 2.75) is 45.3 Å². The molecule has 0 heterocycles. The van der Waals surface area contributed by atoms with Crippen molar-refractivity contribution in [3.05, 3.63) is 0 Å². The van der Waals surface area contributed by atoms with Crippen LogP contribution in [0.4, 0.5) is 4.79 Å². The van der Waals surface area contributed by atoms with Gasteiger partial charge in [-0.1, -0.05) is 6.42 Å². The number of nitrogens with zero attached hydrogens (tertiary/aromatic N) is 1. The van der Waals surface area contributed by atoms with Crippen molar-refractivity contribution in [3.8, 4) is 6.07 Å². The van der Waals surface area contributed by atoms with Crippen LogP contribution in [0.15, 0.2) is 0 Å². The summed E-state index contributed by atoms with van der Waals surface area (Å²) >= 11 is 0. The molecule has 1 aliphatic carbocycles. The SMILES string of the molecule is CC(C)OC(=O)NS(=O)(=O)NC1CCCC1C#N. The number of carbonyl (C=O) groups excluding carboxylic acids is 1. The molecule has 0 radical (unpaired) electrons. The Morgan fingerprint density at radius 1 is 1.44 bits per heavy atom. The lowest BCUT2D eigenvalue weighted by Crippen LogP contribution is -2.46. The number of nitriles is 1. The predicted molar refractivity (Wildman–Crippen MR) is 63.6 cm³/mol. The number of nitrogens with one attached hydrogen (secondary N) is 2. The Morgan fingerprint density at radius 2 is 2.11 bits per heavy atom. The van der Waals surface area contributed by atoms with Gasteiger partial charge in [0.15, 0.2) is 0 Å². The molecule has 2 atom stereocenters. The van der Waals surface area contributed by atoms with Crippen LogP contribution >= 0.6 is 0 Å². The molecule has 0 aromatic rings. The summed E-state index contributed by atoms with van der Waals surface area (Å²) in [4.78, 5) is 11.2. The van der Waals surface area contributed by atoms with Crippen molar-refractivity contribution in [2.75, 3.05) is 0 Å². The van der Waals surface area contributed by atoms with E-state index in [2.05, 4.69) is 15.5 Å². The van der Waals surface area contributed by atoms with E-state index in [1.165, 1.54) is 0 Å². The lowest BCUT2D eigenvalue weighted by Gasteiger charge is -2.16. The minimum atomic E-state index is -3.98. The fourth-order valence-electron chi connectivity index (χ4n) is 1.83. The zero-order chi connectivity index (χ0) is 13.8. The number of hydrogen-bond acceptors (Lipinski definition) is 5. The van der Waals surface area contributed by atoms with Crippen LogP contribution in [-0.4, -0.2) is 26.7 Å². The van der Waals surface area contributed by atoms with Gasteiger partial charge in [0.05, 0.1) is 18.1 Å². The Bertz CT molecular complexity index is 441. The van der Waals surface area contributed by atoms with Crippen LogP contribution in [-0.2, 0) is 14.9 Å². The molecule has 1 amide bonds. The Morgan fingerprint density at radius 3 is 2.67 bits per heavy atom. The summed E-state index contributed by atoms with van der Waals surface area (Å²) in [5.74, 6) is -0.345. The Labute approximate surface area is 107 Å². The summed E-state index contributed by atoms with van der Waals surface area (Å²) in [6.45, 7) is 3.23. The van der Waals surface area contributed by atoms with Gasteiger partial charge >= 0.3 is 16.3 Å². The number of amides is 1. The first-order chi connectivity index (χ1) is 8.34. The van der Waals surface area contributed by atoms with Gasteiger partial charge in [-0.3, -0.25) is 0 Å². The summed E-state index contributed by atoms with van der Waals surface area (Å²) in [5, 5.41) is 8.84. The maximum Gasteiger partial charge on any atom is 0.422 e. The molecule has 0 aliphatic heterocycles. The predicted octanol–water partition coefficient (Wildman–Crippen LogP) is 0.648. The van der Waals surface area contributed by atoms with Crippen LogP contribution in [0.3, 0.4) is 0 Å². The van der Waals surface area contributed by atoms with E-state index in [1.807, 2.05) is 0 Å². The largest absolute Gasteiger partial charge is 0.446 e. The molecule has 0 aromatic carbocycles. The van der Waals surface area contributed by atoms with Crippen molar-refractivity contribution >= 4 is 16.3 Å². The Kier molecular flexibility index (Phi) is 4.93. The molecular weight excluding hydrogens is 258 g/mol. The van der Waals surface area contributed by atoms with Gasteiger partial charge < -0.3 is 4.74 Å². The minimum absolute atomic E-state index is 0.345. The van der Waals surface area contributed by atoms with Gasteiger partial charge in [0, 0.05) is 6.04 Å². The van der Waals surface area contributed by atoms with Gasteiger partial charge in [-0.2, -0.15) is 18.4 Å². The third kappa shape index (κ3) is 4.50. The topological polar surface area (TPSA) is 108 Å². The van der Waals surface area contributed by atoms with Crippen LogP contribution in [0.1, 0.15) is 33.1 Å². The second kappa shape index (κ2) is 6.02. The van der Waals surface area contributed by atoms with E-state index in [9.17, 15) is 13.2 Å². The second-order valence-corrected chi connectivity index (χ2v) is 5.90. The van der Waals surface area contributed by atoms with Crippen LogP contribution in [0.2, 0.25) is 0 Å². The maximum absolute atomic E-state index is 11.6. The first-order valence-electron chi connectivity index (χ1n) is 5.74. The van der Waals surface area contributed by atoms with Crippen molar-refractivity contribution in [1.82, 2.24) is 9.44 Å². The second-order valence-electron chi connectivity index (χ2n) is 4.45. The number of hydrogen-bond donors (Lipinski definition) is 2. The number of carbonyl (C=O) groups is 1. The molecule has 2 unspecified atom stereocenters. The summed E-state index contributed by atoms with van der Waals surface area (Å²) in [7, 11) is -3.98. The maximum atomic E-state index is 11.6. The fourth-order valence-corrected chi connectivity index (χ4v) is 2.84. The third-order valence-corrected chi connectivity index (χ3v) is 3.60. The van der Waals surface area contributed by atoms with Gasteiger partial charge in [0.2, 0.25) is 0 Å². The number of ether oxygens (including phenoxy) is 1. The summed E-state index contributed by atoms with van der Waals surface area (Å²) in [6.07, 6.45) is 0.628. The molecule has 0 aromatic heterocycles. The van der Waals surface area contributed by atoms with E-state index in [-0.39, 0.29) is 5.92 Å². The summed E-state index contributed by atoms with van der Waals surface area (Å²) < 4.78 is 31.9. The standard InChI is InChI=1S/C10H17N3O4S/c1-7(2)17-10(14)13-18(15,16)12-9-5-3-4-8(9)6-11/h7-9,12H,3-5H2,1-2H3,(H,13,14). The molecule has 7 nitrogen and oxygen atoms in total. The molecule has 1 fully saturated rings. The monoisotopic (exact) mass is 275 g/mol. The van der Waals surface area contributed by atoms with Crippen molar-refractivity contribution < 1.29 is 17.9 Å². The van der Waals surface area contributed by atoms with E-state index in [4.69, 9.17) is 5.26 Å². The van der Waals surface area contributed by atoms with Gasteiger partial charge in [-0.25, -0.2) is 9.52 Å². The molecule has 0 spiro atoms. The third-order valence-electron chi connectivity index (χ3n) is 2.55. The van der Waals surface area contributed by atoms with Crippen molar-refractivity contribution in [1.29, 1.82) is 5.26 Å². The van der Waals surface area contributed by atoms with Crippen LogP contribution in [0, 0.1) is 17.2 Å². The average Bonchev–Trinajstić information content (AvgIpc) is 2.61. The highest BCUT2D eigenvalue weighted by molar-refractivity contribution is 7.88. The smallest absolute Gasteiger partial charge is 0.422 e. The molecule has 1 aliphatic rings. The van der Waals surface area contributed by atoms with Gasteiger partial charge in [0.1, 0.15) is 0 Å². The molecule has 102 valence electrons. The van der Waals surface area contributed by atoms with E-state index in [0.29, 0.717) is 12.8 Å². The molecule has 2 N–H and O–H groups in total. The van der Waals surface area contributed by atoms with E-state index in [1.54, 1.807) is 18.6 Å². The first-order valence-corrected chi connectivity index (χ1v) is 7.22. The highest BCUT2D eigenvalue weighted by Crippen LogP contribution is 2.25.